The van der Waals surface area contributed by atoms with Crippen LogP contribution in [0, 0.1) is 5.92 Å². The minimum absolute atomic E-state index is 0.0551. The summed E-state index contributed by atoms with van der Waals surface area (Å²) >= 11 is 1.83. The molecule has 2 heterocycles. The third-order valence-corrected chi connectivity index (χ3v) is 3.73. The zero-order valence-corrected chi connectivity index (χ0v) is 10.7. The molecule has 16 heavy (non-hydrogen) atoms. The van der Waals surface area contributed by atoms with Gasteiger partial charge in [0.25, 0.3) is 0 Å². The summed E-state index contributed by atoms with van der Waals surface area (Å²) in [6.45, 7) is 3.91. The molecule has 0 amide bonds. The van der Waals surface area contributed by atoms with E-state index in [0.29, 0.717) is 5.92 Å². The molecule has 0 spiro atoms. The van der Waals surface area contributed by atoms with Crippen LogP contribution in [0.5, 0.6) is 0 Å². The van der Waals surface area contributed by atoms with Crippen LogP contribution in [0.25, 0.3) is 0 Å². The van der Waals surface area contributed by atoms with Gasteiger partial charge >= 0.3 is 0 Å². The van der Waals surface area contributed by atoms with Gasteiger partial charge in [-0.3, -0.25) is 0 Å². The predicted molar refractivity (Wildman–Crippen MR) is 66.7 cm³/mol. The van der Waals surface area contributed by atoms with Crippen LogP contribution in [-0.2, 0) is 15.9 Å². The first-order chi connectivity index (χ1) is 7.84. The van der Waals surface area contributed by atoms with Gasteiger partial charge in [0.05, 0.1) is 6.61 Å². The van der Waals surface area contributed by atoms with Crippen LogP contribution in [0.15, 0.2) is 17.5 Å². The monoisotopic (exact) mass is 240 g/mol. The van der Waals surface area contributed by atoms with Crippen molar-refractivity contribution < 1.29 is 9.47 Å². The van der Waals surface area contributed by atoms with E-state index in [9.17, 15) is 0 Å². The maximum atomic E-state index is 5.78. The molecular formula is C13H20O2S. The van der Waals surface area contributed by atoms with Crippen LogP contribution in [0.3, 0.4) is 0 Å². The SMILES string of the molecule is C[C@@H](COC1CCCCO1)Cc1cccs1. The van der Waals surface area contributed by atoms with Crippen molar-refractivity contribution in [3.05, 3.63) is 22.4 Å². The molecule has 1 fully saturated rings. The van der Waals surface area contributed by atoms with Crippen molar-refractivity contribution in [2.24, 2.45) is 5.92 Å². The molecule has 2 atom stereocenters. The van der Waals surface area contributed by atoms with Gasteiger partial charge in [-0.1, -0.05) is 13.0 Å². The second-order valence-corrected chi connectivity index (χ2v) is 5.55. The van der Waals surface area contributed by atoms with Crippen molar-refractivity contribution in [3.63, 3.8) is 0 Å². The number of hydrogen-bond acceptors (Lipinski definition) is 3. The Hall–Kier alpha value is -0.380. The fraction of sp³-hybridized carbons (Fsp3) is 0.692. The quantitative estimate of drug-likeness (QED) is 0.784. The van der Waals surface area contributed by atoms with Crippen molar-refractivity contribution in [2.45, 2.75) is 38.9 Å². The van der Waals surface area contributed by atoms with Crippen LogP contribution < -0.4 is 0 Å². The largest absolute Gasteiger partial charge is 0.353 e. The molecule has 0 bridgehead atoms. The highest BCUT2D eigenvalue weighted by Crippen LogP contribution is 2.17. The Morgan fingerprint density at radius 3 is 3.19 bits per heavy atom. The lowest BCUT2D eigenvalue weighted by molar-refractivity contribution is -0.168. The summed E-state index contributed by atoms with van der Waals surface area (Å²) < 4.78 is 11.3. The molecule has 1 aliphatic rings. The average molecular weight is 240 g/mol. The predicted octanol–water partition coefficient (Wildman–Crippen LogP) is 3.47. The smallest absolute Gasteiger partial charge is 0.157 e. The van der Waals surface area contributed by atoms with Crippen molar-refractivity contribution in [1.82, 2.24) is 0 Å². The Bertz CT molecular complexity index is 278. The standard InChI is InChI=1S/C13H20O2S/c1-11(9-12-5-4-8-16-12)10-15-13-6-2-3-7-14-13/h4-5,8,11,13H,2-3,6-7,9-10H2,1H3/t11-,13?/m1/s1. The summed E-state index contributed by atoms with van der Waals surface area (Å²) in [5.74, 6) is 0.573. The second-order valence-electron chi connectivity index (χ2n) is 4.52. The summed E-state index contributed by atoms with van der Waals surface area (Å²) in [6.07, 6.45) is 4.66. The van der Waals surface area contributed by atoms with E-state index in [1.165, 1.54) is 17.7 Å². The first kappa shape index (κ1) is 12.1. The van der Waals surface area contributed by atoms with E-state index in [2.05, 4.69) is 24.4 Å². The third-order valence-electron chi connectivity index (χ3n) is 2.83. The molecule has 1 unspecified atom stereocenters. The molecule has 2 nitrogen and oxygen atoms in total. The Balaban J connectivity index is 1.65. The van der Waals surface area contributed by atoms with Crippen LogP contribution in [-0.4, -0.2) is 19.5 Å². The highest BCUT2D eigenvalue weighted by Gasteiger charge is 2.15. The molecule has 0 radical (unpaired) electrons. The summed E-state index contributed by atoms with van der Waals surface area (Å²) in [5, 5.41) is 2.13. The summed E-state index contributed by atoms with van der Waals surface area (Å²) in [6, 6.07) is 4.30. The fourth-order valence-corrected chi connectivity index (χ4v) is 2.82. The molecule has 1 aliphatic heterocycles. The van der Waals surface area contributed by atoms with E-state index < -0.39 is 0 Å². The van der Waals surface area contributed by atoms with Crippen molar-refractivity contribution >= 4 is 11.3 Å². The van der Waals surface area contributed by atoms with Crippen LogP contribution in [0.1, 0.15) is 31.1 Å². The molecule has 3 heteroatoms. The van der Waals surface area contributed by atoms with Gasteiger partial charge in [0.1, 0.15) is 0 Å². The molecule has 1 aromatic rings. The second kappa shape index (κ2) is 6.38. The van der Waals surface area contributed by atoms with Gasteiger partial charge < -0.3 is 9.47 Å². The van der Waals surface area contributed by atoms with Gasteiger partial charge in [0.15, 0.2) is 6.29 Å². The molecule has 0 N–H and O–H groups in total. The molecule has 1 aromatic heterocycles. The van der Waals surface area contributed by atoms with Crippen molar-refractivity contribution in [3.8, 4) is 0 Å². The maximum absolute atomic E-state index is 5.78. The van der Waals surface area contributed by atoms with E-state index in [1.54, 1.807) is 0 Å². The first-order valence-electron chi connectivity index (χ1n) is 6.10. The van der Waals surface area contributed by atoms with E-state index in [4.69, 9.17) is 9.47 Å². The maximum Gasteiger partial charge on any atom is 0.157 e. The third kappa shape index (κ3) is 3.89. The van der Waals surface area contributed by atoms with Gasteiger partial charge in [0.2, 0.25) is 0 Å². The minimum Gasteiger partial charge on any atom is -0.353 e. The molecular weight excluding hydrogens is 220 g/mol. The molecule has 1 saturated heterocycles. The lowest BCUT2D eigenvalue weighted by Crippen LogP contribution is -2.24. The fourth-order valence-electron chi connectivity index (χ4n) is 1.95. The molecule has 0 saturated carbocycles. The normalized spacial score (nSPS) is 23.2. The van der Waals surface area contributed by atoms with Gasteiger partial charge in [0, 0.05) is 11.5 Å². The Morgan fingerprint density at radius 1 is 1.56 bits per heavy atom. The minimum atomic E-state index is 0.0551. The van der Waals surface area contributed by atoms with Crippen LogP contribution >= 0.6 is 11.3 Å². The van der Waals surface area contributed by atoms with Gasteiger partial charge in [-0.15, -0.1) is 11.3 Å². The summed E-state index contributed by atoms with van der Waals surface area (Å²) in [4.78, 5) is 1.45. The molecule has 90 valence electrons. The zero-order chi connectivity index (χ0) is 11.2. The molecule has 0 aromatic carbocycles. The number of thiophene rings is 1. The van der Waals surface area contributed by atoms with Crippen LogP contribution in [0.4, 0.5) is 0 Å². The van der Waals surface area contributed by atoms with Crippen molar-refractivity contribution in [2.75, 3.05) is 13.2 Å². The van der Waals surface area contributed by atoms with E-state index in [0.717, 1.165) is 26.1 Å². The summed E-state index contributed by atoms with van der Waals surface area (Å²) in [7, 11) is 0. The molecule has 0 aliphatic carbocycles. The van der Waals surface area contributed by atoms with Gasteiger partial charge in [-0.25, -0.2) is 0 Å². The van der Waals surface area contributed by atoms with Crippen LogP contribution in [0.2, 0.25) is 0 Å². The van der Waals surface area contributed by atoms with Crippen molar-refractivity contribution in [1.29, 1.82) is 0 Å². The van der Waals surface area contributed by atoms with Gasteiger partial charge in [-0.05, 0) is 43.0 Å². The number of rotatable bonds is 5. The lowest BCUT2D eigenvalue weighted by atomic mass is 10.1. The molecule has 2 rings (SSSR count). The highest BCUT2D eigenvalue weighted by molar-refractivity contribution is 7.09. The average Bonchev–Trinajstić information content (AvgIpc) is 2.81. The Labute approximate surface area is 102 Å². The van der Waals surface area contributed by atoms with E-state index in [-0.39, 0.29) is 6.29 Å². The summed E-state index contributed by atoms with van der Waals surface area (Å²) in [5.41, 5.74) is 0. The van der Waals surface area contributed by atoms with E-state index >= 15 is 0 Å². The lowest BCUT2D eigenvalue weighted by Gasteiger charge is -2.24. The Morgan fingerprint density at radius 2 is 2.50 bits per heavy atom. The van der Waals surface area contributed by atoms with E-state index in [1.807, 2.05) is 11.3 Å². The number of ether oxygens (including phenoxy) is 2. The highest BCUT2D eigenvalue weighted by atomic mass is 32.1. The van der Waals surface area contributed by atoms with Gasteiger partial charge in [-0.2, -0.15) is 0 Å². The Kier molecular flexibility index (Phi) is 4.82. The zero-order valence-electron chi connectivity index (χ0n) is 9.85. The topological polar surface area (TPSA) is 18.5 Å². The first-order valence-corrected chi connectivity index (χ1v) is 6.98. The number of hydrogen-bond donors (Lipinski definition) is 0.